The lowest BCUT2D eigenvalue weighted by atomic mass is 9.88. The largest absolute Gasteiger partial charge is 0.469 e. The van der Waals surface area contributed by atoms with E-state index in [9.17, 15) is 4.79 Å². The number of carbonyl (C=O) groups excluding carboxylic acids is 1. The summed E-state index contributed by atoms with van der Waals surface area (Å²) in [7, 11) is 1.48. The first-order valence-corrected chi connectivity index (χ1v) is 6.18. The molecule has 0 N–H and O–H groups in total. The van der Waals surface area contributed by atoms with Crippen LogP contribution < -0.4 is 0 Å². The maximum absolute atomic E-state index is 11.2. The van der Waals surface area contributed by atoms with Crippen LogP contribution in [0.4, 0.5) is 0 Å². The smallest absolute Gasteiger partial charge is 0.305 e. The molecule has 15 heavy (non-hydrogen) atoms. The predicted molar refractivity (Wildman–Crippen MR) is 61.3 cm³/mol. The number of unbranched alkanes of at least 4 members (excludes halogenated alkanes) is 2. The average Bonchev–Trinajstić information content (AvgIpc) is 2.66. The van der Waals surface area contributed by atoms with Crippen LogP contribution >= 0.6 is 0 Å². The standard InChI is InChI=1S/C13H23O2/c1-3-4-5-7-11-8-6-9-12(11)10-13(14)15-2/h8,11-12H,3-7,9-10H2,1-2H3. The van der Waals surface area contributed by atoms with E-state index < -0.39 is 0 Å². The maximum Gasteiger partial charge on any atom is 0.305 e. The van der Waals surface area contributed by atoms with Crippen molar-refractivity contribution in [2.24, 2.45) is 11.8 Å². The molecule has 2 unspecified atom stereocenters. The van der Waals surface area contributed by atoms with Gasteiger partial charge in [-0.25, -0.2) is 0 Å². The molecule has 0 aliphatic heterocycles. The quantitative estimate of drug-likeness (QED) is 0.497. The van der Waals surface area contributed by atoms with E-state index in [0.29, 0.717) is 18.3 Å². The average molecular weight is 211 g/mol. The van der Waals surface area contributed by atoms with Crippen molar-refractivity contribution in [3.05, 3.63) is 6.42 Å². The highest BCUT2D eigenvalue weighted by Gasteiger charge is 2.28. The number of carbonyl (C=O) groups is 1. The summed E-state index contributed by atoms with van der Waals surface area (Å²) in [5, 5.41) is 0. The topological polar surface area (TPSA) is 26.3 Å². The molecule has 1 radical (unpaired) electrons. The molecular weight excluding hydrogens is 188 g/mol. The minimum Gasteiger partial charge on any atom is -0.469 e. The first kappa shape index (κ1) is 12.5. The van der Waals surface area contributed by atoms with Gasteiger partial charge >= 0.3 is 5.97 Å². The Balaban J connectivity index is 2.26. The zero-order valence-corrected chi connectivity index (χ0v) is 10.00. The van der Waals surface area contributed by atoms with Gasteiger partial charge in [0.1, 0.15) is 0 Å². The highest BCUT2D eigenvalue weighted by molar-refractivity contribution is 5.69. The van der Waals surface area contributed by atoms with E-state index in [-0.39, 0.29) is 5.97 Å². The summed E-state index contributed by atoms with van der Waals surface area (Å²) in [6.45, 7) is 2.23. The highest BCUT2D eigenvalue weighted by Crippen LogP contribution is 2.36. The first-order valence-electron chi connectivity index (χ1n) is 6.18. The highest BCUT2D eigenvalue weighted by atomic mass is 16.5. The second kappa shape index (κ2) is 6.86. The molecule has 1 aliphatic rings. The van der Waals surface area contributed by atoms with Crippen molar-refractivity contribution in [1.29, 1.82) is 0 Å². The zero-order valence-electron chi connectivity index (χ0n) is 10.00. The third-order valence-corrected chi connectivity index (χ3v) is 3.41. The van der Waals surface area contributed by atoms with Gasteiger partial charge in [0.05, 0.1) is 7.11 Å². The Labute approximate surface area is 93.4 Å². The molecule has 2 atom stereocenters. The Kier molecular flexibility index (Phi) is 5.74. The molecular formula is C13H23O2. The summed E-state index contributed by atoms with van der Waals surface area (Å²) >= 11 is 0. The van der Waals surface area contributed by atoms with E-state index in [0.717, 1.165) is 0 Å². The van der Waals surface area contributed by atoms with Gasteiger partial charge < -0.3 is 4.74 Å². The Morgan fingerprint density at radius 2 is 2.27 bits per heavy atom. The zero-order chi connectivity index (χ0) is 11.1. The third-order valence-electron chi connectivity index (χ3n) is 3.41. The van der Waals surface area contributed by atoms with Crippen LogP contribution in [0.15, 0.2) is 0 Å². The number of hydrogen-bond acceptors (Lipinski definition) is 2. The molecule has 2 nitrogen and oxygen atoms in total. The first-order chi connectivity index (χ1) is 7.27. The SMILES string of the molecule is CCCCCC1[CH]CCC1CC(=O)OC. The molecule has 2 heteroatoms. The summed E-state index contributed by atoms with van der Waals surface area (Å²) in [5.41, 5.74) is 0. The molecule has 1 aliphatic carbocycles. The summed E-state index contributed by atoms with van der Waals surface area (Å²) in [6.07, 6.45) is 10.5. The van der Waals surface area contributed by atoms with E-state index in [2.05, 4.69) is 13.3 Å². The van der Waals surface area contributed by atoms with Gasteiger partial charge in [0, 0.05) is 6.42 Å². The second-order valence-corrected chi connectivity index (χ2v) is 4.51. The summed E-state index contributed by atoms with van der Waals surface area (Å²) in [4.78, 5) is 11.2. The second-order valence-electron chi connectivity index (χ2n) is 4.51. The van der Waals surface area contributed by atoms with Gasteiger partial charge in [0.2, 0.25) is 0 Å². The van der Waals surface area contributed by atoms with Gasteiger partial charge in [-0.3, -0.25) is 4.79 Å². The summed E-state index contributed by atoms with van der Waals surface area (Å²) < 4.78 is 4.73. The van der Waals surface area contributed by atoms with Crippen LogP contribution in [0.2, 0.25) is 0 Å². The molecule has 0 amide bonds. The van der Waals surface area contributed by atoms with E-state index in [1.165, 1.54) is 45.6 Å². The van der Waals surface area contributed by atoms with E-state index >= 15 is 0 Å². The van der Waals surface area contributed by atoms with Crippen molar-refractivity contribution < 1.29 is 9.53 Å². The van der Waals surface area contributed by atoms with Crippen LogP contribution in [0, 0.1) is 18.3 Å². The predicted octanol–water partition coefficient (Wildman–Crippen LogP) is 3.36. The molecule has 0 aromatic heterocycles. The van der Waals surface area contributed by atoms with Crippen LogP contribution in [0.5, 0.6) is 0 Å². The van der Waals surface area contributed by atoms with Crippen molar-refractivity contribution in [2.45, 2.75) is 51.9 Å². The number of rotatable bonds is 6. The maximum atomic E-state index is 11.2. The Morgan fingerprint density at radius 1 is 1.47 bits per heavy atom. The van der Waals surface area contributed by atoms with Crippen LogP contribution in [-0.4, -0.2) is 13.1 Å². The van der Waals surface area contributed by atoms with Crippen molar-refractivity contribution in [2.75, 3.05) is 7.11 Å². The lowest BCUT2D eigenvalue weighted by molar-refractivity contribution is -0.142. The fourth-order valence-corrected chi connectivity index (χ4v) is 2.47. The van der Waals surface area contributed by atoms with Gasteiger partial charge in [-0.1, -0.05) is 26.2 Å². The normalized spacial score (nSPS) is 25.5. The number of methoxy groups -OCH3 is 1. The minimum absolute atomic E-state index is 0.0456. The third kappa shape index (κ3) is 4.23. The Morgan fingerprint density at radius 3 is 2.93 bits per heavy atom. The summed E-state index contributed by atoms with van der Waals surface area (Å²) in [6, 6.07) is 0. The molecule has 0 heterocycles. The lowest BCUT2D eigenvalue weighted by Gasteiger charge is -2.17. The number of ether oxygens (including phenoxy) is 1. The molecule has 0 aromatic carbocycles. The van der Waals surface area contributed by atoms with Gasteiger partial charge in [-0.2, -0.15) is 0 Å². The molecule has 0 spiro atoms. The van der Waals surface area contributed by atoms with Gasteiger partial charge in [0.15, 0.2) is 0 Å². The molecule has 87 valence electrons. The minimum atomic E-state index is -0.0456. The lowest BCUT2D eigenvalue weighted by Crippen LogP contribution is -2.14. The Bertz CT molecular complexity index is 189. The van der Waals surface area contributed by atoms with Gasteiger partial charge in [-0.05, 0) is 37.5 Å². The van der Waals surface area contributed by atoms with Crippen molar-refractivity contribution in [3.63, 3.8) is 0 Å². The number of esters is 1. The fraction of sp³-hybridized carbons (Fsp3) is 0.846. The molecule has 1 fully saturated rings. The van der Waals surface area contributed by atoms with Crippen molar-refractivity contribution in [1.82, 2.24) is 0 Å². The molecule has 1 rings (SSSR count). The monoisotopic (exact) mass is 211 g/mol. The van der Waals surface area contributed by atoms with E-state index in [1.54, 1.807) is 0 Å². The molecule has 0 bridgehead atoms. The Hall–Kier alpha value is -0.530. The van der Waals surface area contributed by atoms with Crippen molar-refractivity contribution in [3.8, 4) is 0 Å². The van der Waals surface area contributed by atoms with E-state index in [4.69, 9.17) is 4.74 Å². The van der Waals surface area contributed by atoms with Gasteiger partial charge in [0.25, 0.3) is 0 Å². The molecule has 0 aromatic rings. The molecule has 1 saturated carbocycles. The van der Waals surface area contributed by atoms with Crippen molar-refractivity contribution >= 4 is 5.97 Å². The van der Waals surface area contributed by atoms with Crippen LogP contribution in [-0.2, 0) is 9.53 Å². The van der Waals surface area contributed by atoms with Gasteiger partial charge in [-0.15, -0.1) is 0 Å². The van der Waals surface area contributed by atoms with E-state index in [1.807, 2.05) is 0 Å². The number of hydrogen-bond donors (Lipinski definition) is 0. The fourth-order valence-electron chi connectivity index (χ4n) is 2.47. The van der Waals surface area contributed by atoms with Crippen LogP contribution in [0.3, 0.4) is 0 Å². The molecule has 0 saturated heterocycles. The van der Waals surface area contributed by atoms with Crippen LogP contribution in [0.1, 0.15) is 51.9 Å². The summed E-state index contributed by atoms with van der Waals surface area (Å²) in [5.74, 6) is 1.17. The van der Waals surface area contributed by atoms with Crippen LogP contribution in [0.25, 0.3) is 0 Å².